The molecule has 63 heavy (non-hydrogen) atoms. The molecule has 0 saturated carbocycles. The van der Waals surface area contributed by atoms with Crippen LogP contribution in [0.3, 0.4) is 0 Å². The number of aliphatic hydroxyl groups excluding tert-OH is 1. The summed E-state index contributed by atoms with van der Waals surface area (Å²) in [6.07, 6.45) is 33.4. The lowest BCUT2D eigenvalue weighted by atomic mass is 9.94. The van der Waals surface area contributed by atoms with Crippen molar-refractivity contribution in [1.82, 2.24) is 0 Å². The van der Waals surface area contributed by atoms with Crippen molar-refractivity contribution in [1.29, 1.82) is 0 Å². The Morgan fingerprint density at radius 3 is 1.19 bits per heavy atom. The Morgan fingerprint density at radius 1 is 0.460 bits per heavy atom. The lowest BCUT2D eigenvalue weighted by Crippen LogP contribution is -2.41. The molecule has 0 radical (unpaired) electrons. The number of ketones is 2. The van der Waals surface area contributed by atoms with Crippen molar-refractivity contribution in [2.24, 2.45) is 11.8 Å². The highest BCUT2D eigenvalue weighted by Crippen LogP contribution is 2.24. The second kappa shape index (κ2) is 44.8. The molecule has 0 heterocycles. The number of hydrogen-bond acceptors (Lipinski definition) is 9. The standard InChI is InChI=1S/C54H98O9/c1-7-13-17-21-23-27-33-38-46(37-31-25-19-15-9-3)53(58)62-49(43-48(55)11-5)44-60-41-35-29-30-36-42-61-45-51(52(57)50(56)12-6)63-54(59)47(39-32-26-20-16-10-4)40-34-28-24-22-18-14-8-2/h11-12,46-47,49,51-52,57H,5-10,13-45H2,1-4H3. The highest BCUT2D eigenvalue weighted by Gasteiger charge is 2.31. The molecule has 9 nitrogen and oxygen atoms in total. The van der Waals surface area contributed by atoms with Crippen molar-refractivity contribution in [2.45, 2.75) is 258 Å². The van der Waals surface area contributed by atoms with E-state index < -0.39 is 24.1 Å². The fourth-order valence-electron chi connectivity index (χ4n) is 8.06. The van der Waals surface area contributed by atoms with Crippen LogP contribution in [0.15, 0.2) is 25.3 Å². The number of unbranched alkanes of at least 4 members (excludes halogenated alkanes) is 23. The molecule has 0 aromatic carbocycles. The van der Waals surface area contributed by atoms with Crippen LogP contribution >= 0.6 is 0 Å². The van der Waals surface area contributed by atoms with Crippen molar-refractivity contribution >= 4 is 23.5 Å². The molecule has 0 fully saturated rings. The van der Waals surface area contributed by atoms with Crippen LogP contribution < -0.4 is 0 Å². The summed E-state index contributed by atoms with van der Waals surface area (Å²) >= 11 is 0. The molecule has 0 aliphatic rings. The van der Waals surface area contributed by atoms with Crippen LogP contribution in [0.1, 0.15) is 240 Å². The molecule has 0 aromatic heterocycles. The summed E-state index contributed by atoms with van der Waals surface area (Å²) in [5.74, 6) is -1.73. The molecule has 0 bridgehead atoms. The molecule has 1 N–H and O–H groups in total. The zero-order chi connectivity index (χ0) is 46.6. The third kappa shape index (κ3) is 35.6. The normalized spacial score (nSPS) is 13.8. The molecule has 0 amide bonds. The molecule has 0 spiro atoms. The quantitative estimate of drug-likeness (QED) is 0.0361. The van der Waals surface area contributed by atoms with Crippen LogP contribution in [0.5, 0.6) is 0 Å². The minimum absolute atomic E-state index is 0.0650. The predicted octanol–water partition coefficient (Wildman–Crippen LogP) is 13.9. The maximum absolute atomic E-state index is 13.5. The first-order valence-electron chi connectivity index (χ1n) is 26.2. The van der Waals surface area contributed by atoms with E-state index in [0.29, 0.717) is 13.2 Å². The van der Waals surface area contributed by atoms with Gasteiger partial charge in [-0.2, -0.15) is 0 Å². The van der Waals surface area contributed by atoms with Crippen molar-refractivity contribution in [3.63, 3.8) is 0 Å². The van der Waals surface area contributed by atoms with Crippen LogP contribution in [-0.2, 0) is 38.1 Å². The van der Waals surface area contributed by atoms with E-state index >= 15 is 0 Å². The van der Waals surface area contributed by atoms with Gasteiger partial charge in [0, 0.05) is 19.6 Å². The largest absolute Gasteiger partial charge is 0.459 e. The molecule has 5 unspecified atom stereocenters. The Bertz CT molecular complexity index is 1120. The first-order chi connectivity index (χ1) is 30.7. The van der Waals surface area contributed by atoms with E-state index in [9.17, 15) is 24.3 Å². The number of hydrogen-bond donors (Lipinski definition) is 1. The van der Waals surface area contributed by atoms with E-state index in [1.807, 2.05) is 0 Å². The van der Waals surface area contributed by atoms with Gasteiger partial charge in [0.2, 0.25) is 0 Å². The van der Waals surface area contributed by atoms with E-state index in [4.69, 9.17) is 18.9 Å². The molecule has 0 rings (SSSR count). The van der Waals surface area contributed by atoms with Gasteiger partial charge in [0.05, 0.1) is 25.0 Å². The SMILES string of the molecule is C=CC(=O)CC(COCCCCCCOCC(OC(=O)C(CCCCCCC)CCCCCCCCC)C(O)C(=O)C=C)OC(=O)C(CCCCCCC)CCCCCCCCC. The molecule has 5 atom stereocenters. The number of carbonyl (C=O) groups is 4. The number of carbonyl (C=O) groups excluding carboxylic acids is 4. The van der Waals surface area contributed by atoms with Gasteiger partial charge in [-0.3, -0.25) is 19.2 Å². The van der Waals surface area contributed by atoms with Crippen molar-refractivity contribution in [2.75, 3.05) is 26.4 Å². The summed E-state index contributed by atoms with van der Waals surface area (Å²) in [4.78, 5) is 51.8. The summed E-state index contributed by atoms with van der Waals surface area (Å²) in [5, 5.41) is 10.8. The highest BCUT2D eigenvalue weighted by atomic mass is 16.6. The summed E-state index contributed by atoms with van der Waals surface area (Å²) < 4.78 is 23.7. The van der Waals surface area contributed by atoms with Gasteiger partial charge in [0.25, 0.3) is 0 Å². The second-order valence-corrected chi connectivity index (χ2v) is 18.1. The zero-order valence-corrected chi connectivity index (χ0v) is 41.3. The van der Waals surface area contributed by atoms with Crippen molar-refractivity contribution < 1.29 is 43.2 Å². The Kier molecular flexibility index (Phi) is 43.1. The van der Waals surface area contributed by atoms with Gasteiger partial charge in [-0.15, -0.1) is 0 Å². The van der Waals surface area contributed by atoms with Crippen LogP contribution in [0.25, 0.3) is 0 Å². The summed E-state index contributed by atoms with van der Waals surface area (Å²) in [6.45, 7) is 16.9. The van der Waals surface area contributed by atoms with Gasteiger partial charge in [-0.25, -0.2) is 0 Å². The fraction of sp³-hybridized carbons (Fsp3) is 0.852. The van der Waals surface area contributed by atoms with E-state index in [1.165, 1.54) is 96.0 Å². The molecule has 368 valence electrons. The predicted molar refractivity (Wildman–Crippen MR) is 260 cm³/mol. The van der Waals surface area contributed by atoms with Gasteiger partial charge in [0.15, 0.2) is 23.8 Å². The Labute approximate surface area is 387 Å². The number of allylic oxidation sites excluding steroid dienone is 1. The minimum atomic E-state index is -1.52. The first kappa shape index (κ1) is 60.6. The average molecular weight is 891 g/mol. The van der Waals surface area contributed by atoms with Crippen LogP contribution in [0, 0.1) is 11.8 Å². The van der Waals surface area contributed by atoms with Crippen molar-refractivity contribution in [3.05, 3.63) is 25.3 Å². The van der Waals surface area contributed by atoms with Gasteiger partial charge in [0.1, 0.15) is 6.10 Å². The van der Waals surface area contributed by atoms with E-state index in [-0.39, 0.29) is 49.2 Å². The minimum Gasteiger partial charge on any atom is -0.459 e. The zero-order valence-electron chi connectivity index (χ0n) is 41.3. The maximum atomic E-state index is 13.5. The van der Waals surface area contributed by atoms with Gasteiger partial charge in [-0.1, -0.05) is 208 Å². The molecular formula is C54H98O9. The monoisotopic (exact) mass is 891 g/mol. The third-order valence-electron chi connectivity index (χ3n) is 12.3. The number of aliphatic hydroxyl groups is 1. The first-order valence-corrected chi connectivity index (χ1v) is 26.2. The summed E-state index contributed by atoms with van der Waals surface area (Å²) in [7, 11) is 0. The van der Waals surface area contributed by atoms with E-state index in [0.717, 1.165) is 122 Å². The number of rotatable bonds is 49. The summed E-state index contributed by atoms with van der Waals surface area (Å²) in [5.41, 5.74) is 0. The Balaban J connectivity index is 4.99. The smallest absolute Gasteiger partial charge is 0.309 e. The number of ether oxygens (including phenoxy) is 4. The van der Waals surface area contributed by atoms with Gasteiger partial charge >= 0.3 is 11.9 Å². The van der Waals surface area contributed by atoms with Crippen molar-refractivity contribution in [3.8, 4) is 0 Å². The number of esters is 2. The van der Waals surface area contributed by atoms with Gasteiger partial charge < -0.3 is 24.1 Å². The Hall–Kier alpha value is -2.36. The van der Waals surface area contributed by atoms with Crippen LogP contribution in [-0.4, -0.2) is 73.4 Å². The third-order valence-corrected chi connectivity index (χ3v) is 12.3. The molecule has 0 aliphatic heterocycles. The second-order valence-electron chi connectivity index (χ2n) is 18.1. The molecular weight excluding hydrogens is 793 g/mol. The maximum Gasteiger partial charge on any atom is 0.309 e. The molecule has 0 aliphatic carbocycles. The highest BCUT2D eigenvalue weighted by molar-refractivity contribution is 5.93. The Morgan fingerprint density at radius 2 is 0.810 bits per heavy atom. The average Bonchev–Trinajstić information content (AvgIpc) is 3.28. The fourth-order valence-corrected chi connectivity index (χ4v) is 8.06. The molecule has 0 aromatic rings. The van der Waals surface area contributed by atoms with Crippen LogP contribution in [0.4, 0.5) is 0 Å². The van der Waals surface area contributed by atoms with E-state index in [2.05, 4.69) is 40.9 Å². The van der Waals surface area contributed by atoms with E-state index in [1.54, 1.807) is 0 Å². The summed E-state index contributed by atoms with van der Waals surface area (Å²) in [6, 6.07) is 0. The molecule has 0 saturated heterocycles. The lowest BCUT2D eigenvalue weighted by molar-refractivity contribution is -0.167. The van der Waals surface area contributed by atoms with Gasteiger partial charge in [-0.05, 0) is 50.7 Å². The van der Waals surface area contributed by atoms with Crippen LogP contribution in [0.2, 0.25) is 0 Å². The molecule has 9 heteroatoms. The topological polar surface area (TPSA) is 125 Å². The lowest BCUT2D eigenvalue weighted by Gasteiger charge is -2.24.